The summed E-state index contributed by atoms with van der Waals surface area (Å²) in [5.41, 5.74) is 1.41. The van der Waals surface area contributed by atoms with E-state index >= 15 is 8.78 Å². The van der Waals surface area contributed by atoms with Crippen molar-refractivity contribution in [3.8, 4) is 11.1 Å². The molecule has 1 aliphatic heterocycles. The van der Waals surface area contributed by atoms with Crippen molar-refractivity contribution in [1.82, 2.24) is 19.7 Å². The molecule has 174 valence electrons. The first-order valence-corrected chi connectivity index (χ1v) is 10.6. The number of β-lactam (4-membered cyclic amide) rings is 1. The number of alkyl halides is 3. The monoisotopic (exact) mass is 473 g/mol. The lowest BCUT2D eigenvalue weighted by molar-refractivity contribution is -0.212. The molecule has 1 N–H and O–H groups in total. The molecule has 0 bridgehead atoms. The second kappa shape index (κ2) is 7.12. The van der Waals surface area contributed by atoms with Crippen LogP contribution in [-0.2, 0) is 11.1 Å². The molecular formula is C23H16F5N5O. The fraction of sp³-hybridized carbons (Fsp3) is 0.261. The summed E-state index contributed by atoms with van der Waals surface area (Å²) in [5, 5.41) is 3.22. The van der Waals surface area contributed by atoms with Gasteiger partial charge in [0, 0.05) is 23.0 Å². The van der Waals surface area contributed by atoms with E-state index in [1.54, 1.807) is 18.2 Å². The number of nitrogens with one attached hydrogen (secondary N) is 1. The van der Waals surface area contributed by atoms with Gasteiger partial charge in [0.05, 0.1) is 35.5 Å². The number of carbonyl (C=O) groups excluding carboxylic acids is 1. The van der Waals surface area contributed by atoms with E-state index in [4.69, 9.17) is 0 Å². The number of fused-ring (bicyclic) bond motifs is 1. The molecule has 6 nitrogen and oxygen atoms in total. The number of amides is 1. The number of aromatic nitrogens is 4. The summed E-state index contributed by atoms with van der Waals surface area (Å²) < 4.78 is 69.0. The van der Waals surface area contributed by atoms with E-state index in [2.05, 4.69) is 15.1 Å². The average Bonchev–Trinajstić information content (AvgIpc) is 3.26. The van der Waals surface area contributed by atoms with E-state index in [1.807, 2.05) is 0 Å². The molecule has 1 saturated heterocycles. The Balaban J connectivity index is 1.41. The first kappa shape index (κ1) is 20.8. The standard InChI is InChI=1S/C23H16F5N5O/c24-15-5-12(13-8-31-32(9-13)23(26,27)28)6-16(25)20(15)21-19(11-1-2-11)22(34)33(21)14-3-4-17-18(7-14)30-10-29-17/h3-11,19,21H,1-2H2,(H,29,30)/t19-,21-/m1/s1. The molecule has 0 spiro atoms. The molecule has 11 heteroatoms. The number of rotatable bonds is 4. The quantitative estimate of drug-likeness (QED) is 0.323. The molecule has 6 rings (SSSR count). The predicted octanol–water partition coefficient (Wildman–Crippen LogP) is 5.30. The van der Waals surface area contributed by atoms with E-state index < -0.39 is 29.9 Å². The van der Waals surface area contributed by atoms with Crippen LogP contribution in [0, 0.1) is 23.5 Å². The van der Waals surface area contributed by atoms with E-state index in [-0.39, 0.29) is 33.2 Å². The molecule has 0 unspecified atom stereocenters. The Hall–Kier alpha value is -3.76. The molecule has 4 aromatic rings. The van der Waals surface area contributed by atoms with Crippen molar-refractivity contribution in [2.45, 2.75) is 25.2 Å². The second-order valence-electron chi connectivity index (χ2n) is 8.62. The first-order valence-electron chi connectivity index (χ1n) is 10.6. The summed E-state index contributed by atoms with van der Waals surface area (Å²) in [6, 6.07) is 6.21. The number of benzene rings is 2. The molecule has 3 heterocycles. The van der Waals surface area contributed by atoms with E-state index in [1.165, 1.54) is 11.2 Å². The molecule has 1 aliphatic carbocycles. The molecule has 2 aromatic carbocycles. The zero-order valence-corrected chi connectivity index (χ0v) is 17.4. The van der Waals surface area contributed by atoms with Gasteiger partial charge >= 0.3 is 6.30 Å². The minimum atomic E-state index is -4.74. The van der Waals surface area contributed by atoms with Crippen molar-refractivity contribution in [1.29, 1.82) is 0 Å². The van der Waals surface area contributed by atoms with Gasteiger partial charge < -0.3 is 9.88 Å². The number of carbonyl (C=O) groups is 1. The smallest absolute Gasteiger partial charge is 0.345 e. The van der Waals surface area contributed by atoms with Crippen LogP contribution in [0.3, 0.4) is 0 Å². The molecule has 0 radical (unpaired) electrons. The van der Waals surface area contributed by atoms with Crippen molar-refractivity contribution in [3.63, 3.8) is 0 Å². The van der Waals surface area contributed by atoms with Gasteiger partial charge in [-0.25, -0.2) is 13.8 Å². The highest BCUT2D eigenvalue weighted by atomic mass is 19.4. The molecule has 1 saturated carbocycles. The summed E-state index contributed by atoms with van der Waals surface area (Å²) in [7, 11) is 0. The number of nitrogens with zero attached hydrogens (tertiary/aromatic N) is 4. The van der Waals surface area contributed by atoms with Crippen LogP contribution in [0.1, 0.15) is 24.4 Å². The maximum absolute atomic E-state index is 15.3. The Morgan fingerprint density at radius 3 is 2.41 bits per heavy atom. The van der Waals surface area contributed by atoms with E-state index in [0.717, 1.165) is 36.7 Å². The summed E-state index contributed by atoms with van der Waals surface area (Å²) in [6.07, 6.45) is -0.0646. The van der Waals surface area contributed by atoms with Crippen LogP contribution in [0.2, 0.25) is 0 Å². The Morgan fingerprint density at radius 2 is 1.76 bits per heavy atom. The van der Waals surface area contributed by atoms with Crippen molar-refractivity contribution in [2.75, 3.05) is 4.90 Å². The van der Waals surface area contributed by atoms with Gasteiger partial charge in [0.15, 0.2) is 0 Å². The van der Waals surface area contributed by atoms with Crippen LogP contribution in [0.15, 0.2) is 49.1 Å². The summed E-state index contributed by atoms with van der Waals surface area (Å²) in [5.74, 6) is -2.58. The van der Waals surface area contributed by atoms with Gasteiger partial charge in [-0.15, -0.1) is 13.2 Å². The molecule has 2 fully saturated rings. The fourth-order valence-corrected chi connectivity index (χ4v) is 4.74. The highest BCUT2D eigenvalue weighted by Crippen LogP contribution is 2.55. The van der Waals surface area contributed by atoms with Crippen LogP contribution in [0.4, 0.5) is 27.6 Å². The van der Waals surface area contributed by atoms with Gasteiger partial charge in [0.1, 0.15) is 11.6 Å². The third kappa shape index (κ3) is 3.17. The number of aromatic amines is 1. The van der Waals surface area contributed by atoms with Gasteiger partial charge in [-0.05, 0) is 54.7 Å². The Bertz CT molecular complexity index is 1410. The lowest BCUT2D eigenvalue weighted by Gasteiger charge is -2.48. The van der Waals surface area contributed by atoms with Gasteiger partial charge in [-0.2, -0.15) is 9.78 Å². The van der Waals surface area contributed by atoms with Crippen molar-refractivity contribution in [3.05, 3.63) is 66.3 Å². The minimum absolute atomic E-state index is 0.0476. The minimum Gasteiger partial charge on any atom is -0.345 e. The summed E-state index contributed by atoms with van der Waals surface area (Å²) >= 11 is 0. The number of H-pyrrole nitrogens is 1. The van der Waals surface area contributed by atoms with Gasteiger partial charge in [-0.1, -0.05) is 0 Å². The first-order chi connectivity index (χ1) is 16.2. The fourth-order valence-electron chi connectivity index (χ4n) is 4.74. The van der Waals surface area contributed by atoms with Crippen molar-refractivity contribution in [2.24, 2.45) is 11.8 Å². The zero-order valence-electron chi connectivity index (χ0n) is 17.4. The topological polar surface area (TPSA) is 66.8 Å². The van der Waals surface area contributed by atoms with Crippen LogP contribution < -0.4 is 4.90 Å². The lowest BCUT2D eigenvalue weighted by Crippen LogP contribution is -2.56. The van der Waals surface area contributed by atoms with Crippen LogP contribution in [0.25, 0.3) is 22.2 Å². The molecule has 34 heavy (non-hydrogen) atoms. The molecular weight excluding hydrogens is 457 g/mol. The van der Waals surface area contributed by atoms with Gasteiger partial charge in [-0.3, -0.25) is 4.79 Å². The number of hydrogen-bond acceptors (Lipinski definition) is 3. The maximum Gasteiger partial charge on any atom is 0.504 e. The third-order valence-corrected chi connectivity index (χ3v) is 6.50. The lowest BCUT2D eigenvalue weighted by atomic mass is 9.78. The van der Waals surface area contributed by atoms with Gasteiger partial charge in [0.25, 0.3) is 0 Å². The third-order valence-electron chi connectivity index (χ3n) is 6.50. The average molecular weight is 473 g/mol. The van der Waals surface area contributed by atoms with Crippen molar-refractivity contribution >= 4 is 22.6 Å². The van der Waals surface area contributed by atoms with Gasteiger partial charge in [0.2, 0.25) is 5.91 Å². The van der Waals surface area contributed by atoms with Crippen LogP contribution in [-0.4, -0.2) is 25.7 Å². The molecule has 1 amide bonds. The van der Waals surface area contributed by atoms with Crippen LogP contribution >= 0.6 is 0 Å². The summed E-state index contributed by atoms with van der Waals surface area (Å²) in [4.78, 5) is 21.6. The molecule has 2 aromatic heterocycles. The zero-order chi connectivity index (χ0) is 23.8. The molecule has 2 aliphatic rings. The van der Waals surface area contributed by atoms with E-state index in [9.17, 15) is 18.0 Å². The Kier molecular flexibility index (Phi) is 4.36. The Morgan fingerprint density at radius 1 is 1.03 bits per heavy atom. The number of hydrogen-bond donors (Lipinski definition) is 1. The van der Waals surface area contributed by atoms with Crippen molar-refractivity contribution < 1.29 is 26.7 Å². The Labute approximate surface area is 189 Å². The second-order valence-corrected chi connectivity index (χ2v) is 8.62. The largest absolute Gasteiger partial charge is 0.504 e. The normalized spacial score (nSPS) is 20.7. The van der Waals surface area contributed by atoms with E-state index in [0.29, 0.717) is 17.4 Å². The highest BCUT2D eigenvalue weighted by molar-refractivity contribution is 6.04. The number of anilines is 1. The highest BCUT2D eigenvalue weighted by Gasteiger charge is 2.56. The van der Waals surface area contributed by atoms with Crippen LogP contribution in [0.5, 0.6) is 0 Å². The molecule has 2 atom stereocenters. The predicted molar refractivity (Wildman–Crippen MR) is 111 cm³/mol. The SMILES string of the molecule is O=C1[C@H](C2CC2)[C@H](c2c(F)cc(-c3cnn(C(F)(F)F)c3)cc2F)N1c1ccc2[nH]cnc2c1. The number of halogens is 5. The summed E-state index contributed by atoms with van der Waals surface area (Å²) in [6.45, 7) is 0. The number of imidazole rings is 1. The maximum atomic E-state index is 15.3.